The predicted molar refractivity (Wildman–Crippen MR) is 74.8 cm³/mol. The highest BCUT2D eigenvalue weighted by molar-refractivity contribution is 6.60. The topological polar surface area (TPSA) is 49.0 Å². The summed E-state index contributed by atoms with van der Waals surface area (Å²) in [7, 11) is -0.542. The van der Waals surface area contributed by atoms with Gasteiger partial charge in [-0.05, 0) is 34.2 Å². The molecule has 0 amide bonds. The normalized spacial score (nSPS) is 12.0. The molecule has 6 heteroatoms. The van der Waals surface area contributed by atoms with Gasteiger partial charge in [-0.2, -0.15) is 0 Å². The standard InChI is InChI=1S/C12H29NO4Si/c1-5-15-18(16-6-2,17-7-3)12-8-10-14-11-9-13-4/h13H,5-12H2,1-4H3. The maximum absolute atomic E-state index is 5.76. The van der Waals surface area contributed by atoms with Gasteiger partial charge in [-0.15, -0.1) is 0 Å². The van der Waals surface area contributed by atoms with Gasteiger partial charge in [-0.1, -0.05) is 0 Å². The summed E-state index contributed by atoms with van der Waals surface area (Å²) in [5, 5.41) is 3.05. The summed E-state index contributed by atoms with van der Waals surface area (Å²) < 4.78 is 22.8. The Morgan fingerprint density at radius 3 is 1.89 bits per heavy atom. The molecule has 0 fully saturated rings. The lowest BCUT2D eigenvalue weighted by atomic mass is 10.5. The number of rotatable bonds is 13. The molecule has 1 N–H and O–H groups in total. The molecule has 0 aromatic rings. The fourth-order valence-electron chi connectivity index (χ4n) is 1.67. The summed E-state index contributed by atoms with van der Waals surface area (Å²) in [6.45, 7) is 10.2. The molecule has 0 unspecified atom stereocenters. The van der Waals surface area contributed by atoms with Gasteiger partial charge in [0.15, 0.2) is 0 Å². The first-order chi connectivity index (χ1) is 8.74. The maximum atomic E-state index is 5.76. The van der Waals surface area contributed by atoms with Crippen LogP contribution in [0.3, 0.4) is 0 Å². The molecular formula is C12H29NO4Si. The zero-order valence-electron chi connectivity index (χ0n) is 12.3. The molecule has 0 heterocycles. The molecule has 0 aliphatic heterocycles. The molecule has 18 heavy (non-hydrogen) atoms. The summed E-state index contributed by atoms with van der Waals surface area (Å²) in [5.41, 5.74) is 0. The van der Waals surface area contributed by atoms with Gasteiger partial charge in [0.05, 0.1) is 6.61 Å². The second-order valence-electron chi connectivity index (χ2n) is 3.80. The van der Waals surface area contributed by atoms with E-state index in [0.717, 1.165) is 32.2 Å². The van der Waals surface area contributed by atoms with Crippen LogP contribution in [0.25, 0.3) is 0 Å². The van der Waals surface area contributed by atoms with Crippen molar-refractivity contribution in [2.24, 2.45) is 0 Å². The fourth-order valence-corrected chi connectivity index (χ4v) is 4.25. The first-order valence-electron chi connectivity index (χ1n) is 6.88. The van der Waals surface area contributed by atoms with E-state index in [-0.39, 0.29) is 0 Å². The van der Waals surface area contributed by atoms with Crippen LogP contribution in [0.2, 0.25) is 6.04 Å². The highest BCUT2D eigenvalue weighted by atomic mass is 28.4. The highest BCUT2D eigenvalue weighted by Gasteiger charge is 2.39. The van der Waals surface area contributed by atoms with Crippen molar-refractivity contribution in [3.8, 4) is 0 Å². The molecule has 0 aromatic carbocycles. The van der Waals surface area contributed by atoms with E-state index in [9.17, 15) is 0 Å². The van der Waals surface area contributed by atoms with Crippen LogP contribution in [0.5, 0.6) is 0 Å². The maximum Gasteiger partial charge on any atom is 0.501 e. The zero-order valence-corrected chi connectivity index (χ0v) is 13.3. The SMILES string of the molecule is CCO[Si](CCCOCCNC)(OCC)OCC. The van der Waals surface area contributed by atoms with Crippen LogP contribution in [-0.4, -0.2) is 55.4 Å². The van der Waals surface area contributed by atoms with Crippen molar-refractivity contribution in [2.45, 2.75) is 33.2 Å². The Labute approximate surface area is 113 Å². The number of hydrogen-bond donors (Lipinski definition) is 1. The molecule has 0 rings (SSSR count). The van der Waals surface area contributed by atoms with Crippen molar-refractivity contribution in [1.29, 1.82) is 0 Å². The molecular weight excluding hydrogens is 250 g/mol. The summed E-state index contributed by atoms with van der Waals surface area (Å²) in [5.74, 6) is 0. The minimum atomic E-state index is -2.46. The zero-order chi connectivity index (χ0) is 13.7. The third-order valence-electron chi connectivity index (χ3n) is 2.36. The van der Waals surface area contributed by atoms with Crippen LogP contribution < -0.4 is 5.32 Å². The second-order valence-corrected chi connectivity index (χ2v) is 6.53. The quantitative estimate of drug-likeness (QED) is 0.410. The first kappa shape index (κ1) is 18.0. The molecule has 0 aliphatic carbocycles. The van der Waals surface area contributed by atoms with E-state index in [2.05, 4.69) is 5.32 Å². The van der Waals surface area contributed by atoms with Gasteiger partial charge in [0, 0.05) is 39.0 Å². The van der Waals surface area contributed by atoms with Gasteiger partial charge < -0.3 is 23.3 Å². The molecule has 0 radical (unpaired) electrons. The second kappa shape index (κ2) is 12.1. The molecule has 0 spiro atoms. The predicted octanol–water partition coefficient (Wildman–Crippen LogP) is 1.66. The van der Waals surface area contributed by atoms with E-state index in [4.69, 9.17) is 18.0 Å². The van der Waals surface area contributed by atoms with Crippen LogP contribution in [0.15, 0.2) is 0 Å². The minimum absolute atomic E-state index is 0.632. The lowest BCUT2D eigenvalue weighted by Gasteiger charge is -2.28. The first-order valence-corrected chi connectivity index (χ1v) is 8.82. The molecule has 5 nitrogen and oxygen atoms in total. The Morgan fingerprint density at radius 2 is 1.44 bits per heavy atom. The minimum Gasteiger partial charge on any atom is -0.380 e. The van der Waals surface area contributed by atoms with Gasteiger partial charge in [0.25, 0.3) is 0 Å². The number of hydrogen-bond acceptors (Lipinski definition) is 5. The Kier molecular flexibility index (Phi) is 12.1. The summed E-state index contributed by atoms with van der Waals surface area (Å²) in [4.78, 5) is 0. The van der Waals surface area contributed by atoms with Crippen molar-refractivity contribution < 1.29 is 18.0 Å². The van der Waals surface area contributed by atoms with E-state index in [1.807, 2.05) is 27.8 Å². The molecule has 0 saturated heterocycles. The largest absolute Gasteiger partial charge is 0.501 e. The Morgan fingerprint density at radius 1 is 0.889 bits per heavy atom. The average molecular weight is 279 g/mol. The summed E-state index contributed by atoms with van der Waals surface area (Å²) in [6.07, 6.45) is 0.913. The van der Waals surface area contributed by atoms with Gasteiger partial charge in [-0.3, -0.25) is 0 Å². The van der Waals surface area contributed by atoms with E-state index < -0.39 is 8.80 Å². The number of nitrogens with one attached hydrogen (secondary N) is 1. The molecule has 0 atom stereocenters. The number of likely N-dealkylation sites (N-methyl/N-ethyl adjacent to an activating group) is 1. The third-order valence-corrected chi connectivity index (χ3v) is 5.51. The van der Waals surface area contributed by atoms with Crippen molar-refractivity contribution >= 4 is 8.80 Å². The Balaban J connectivity index is 3.97. The monoisotopic (exact) mass is 279 g/mol. The van der Waals surface area contributed by atoms with E-state index >= 15 is 0 Å². The summed E-state index contributed by atoms with van der Waals surface area (Å²) in [6, 6.07) is 0.822. The van der Waals surface area contributed by atoms with Crippen LogP contribution in [-0.2, 0) is 18.0 Å². The van der Waals surface area contributed by atoms with Gasteiger partial charge in [-0.25, -0.2) is 0 Å². The lowest BCUT2D eigenvalue weighted by Crippen LogP contribution is -2.46. The molecule has 0 bridgehead atoms. The highest BCUT2D eigenvalue weighted by Crippen LogP contribution is 2.18. The molecule has 0 saturated carbocycles. The average Bonchev–Trinajstić information content (AvgIpc) is 2.35. The van der Waals surface area contributed by atoms with Crippen molar-refractivity contribution in [3.63, 3.8) is 0 Å². The Bertz CT molecular complexity index is 166. The fraction of sp³-hybridized carbons (Fsp3) is 1.00. The van der Waals surface area contributed by atoms with E-state index in [1.165, 1.54) is 0 Å². The van der Waals surface area contributed by atoms with E-state index in [0.29, 0.717) is 19.8 Å². The van der Waals surface area contributed by atoms with Crippen molar-refractivity contribution in [3.05, 3.63) is 0 Å². The van der Waals surface area contributed by atoms with Gasteiger partial charge >= 0.3 is 8.80 Å². The van der Waals surface area contributed by atoms with Crippen LogP contribution in [0.4, 0.5) is 0 Å². The van der Waals surface area contributed by atoms with E-state index in [1.54, 1.807) is 0 Å². The van der Waals surface area contributed by atoms with Crippen molar-refractivity contribution in [2.75, 3.05) is 46.6 Å². The van der Waals surface area contributed by atoms with Gasteiger partial charge in [0.1, 0.15) is 0 Å². The van der Waals surface area contributed by atoms with Crippen molar-refractivity contribution in [1.82, 2.24) is 5.32 Å². The third kappa shape index (κ3) is 8.18. The summed E-state index contributed by atoms with van der Waals surface area (Å²) >= 11 is 0. The Hall–Kier alpha value is 0.0169. The molecule has 0 aromatic heterocycles. The number of ether oxygens (including phenoxy) is 1. The molecule has 110 valence electrons. The van der Waals surface area contributed by atoms with Gasteiger partial charge in [0.2, 0.25) is 0 Å². The molecule has 0 aliphatic rings. The lowest BCUT2D eigenvalue weighted by molar-refractivity contribution is 0.0661. The smallest absolute Gasteiger partial charge is 0.380 e. The van der Waals surface area contributed by atoms with Crippen LogP contribution in [0, 0.1) is 0 Å². The van der Waals surface area contributed by atoms with Crippen LogP contribution >= 0.6 is 0 Å². The van der Waals surface area contributed by atoms with Crippen LogP contribution in [0.1, 0.15) is 27.2 Å².